The van der Waals surface area contributed by atoms with Gasteiger partial charge in [-0.15, -0.1) is 11.3 Å². The molecule has 7 heteroatoms. The highest BCUT2D eigenvalue weighted by Crippen LogP contribution is 2.36. The Hall–Kier alpha value is -2.13. The maximum atomic E-state index is 13.2. The largest absolute Gasteiger partial charge is 0.394 e. The van der Waals surface area contributed by atoms with Crippen LogP contribution < -0.4 is 0 Å². The summed E-state index contributed by atoms with van der Waals surface area (Å²) in [4.78, 5) is 2.20. The molecule has 5 nitrogen and oxygen atoms in total. The number of hydrogen-bond donors (Lipinski definition) is 4. The van der Waals surface area contributed by atoms with Crippen molar-refractivity contribution in [2.75, 3.05) is 6.61 Å². The normalized spacial score (nSPS) is 24.5. The fraction of sp³-hybridized carbons (Fsp3) is 0.333. The molecule has 2 aromatic carbocycles. The quantitative estimate of drug-likeness (QED) is 0.469. The molecule has 0 spiro atoms. The molecule has 5 atom stereocenters. The Morgan fingerprint density at radius 1 is 1.03 bits per heavy atom. The summed E-state index contributed by atoms with van der Waals surface area (Å²) >= 11 is 1.64. The highest BCUT2D eigenvalue weighted by molar-refractivity contribution is 7.15. The summed E-state index contributed by atoms with van der Waals surface area (Å²) in [6, 6.07) is 16.2. The average Bonchev–Trinajstić information content (AvgIpc) is 3.35. The Labute approximate surface area is 184 Å². The molecule has 3 aromatic rings. The maximum Gasteiger partial charge on any atom is 0.123 e. The Morgan fingerprint density at radius 3 is 2.48 bits per heavy atom. The van der Waals surface area contributed by atoms with Crippen molar-refractivity contribution in [3.05, 3.63) is 82.0 Å². The van der Waals surface area contributed by atoms with E-state index >= 15 is 0 Å². The summed E-state index contributed by atoms with van der Waals surface area (Å²) < 4.78 is 18.9. The highest BCUT2D eigenvalue weighted by atomic mass is 32.1. The van der Waals surface area contributed by atoms with E-state index in [1.165, 1.54) is 12.1 Å². The Balaban J connectivity index is 1.54. The topological polar surface area (TPSA) is 90.2 Å². The molecule has 0 amide bonds. The first kappa shape index (κ1) is 22.1. The monoisotopic (exact) mass is 444 g/mol. The molecule has 4 rings (SSSR count). The van der Waals surface area contributed by atoms with Crippen LogP contribution in [0.3, 0.4) is 0 Å². The van der Waals surface area contributed by atoms with Crippen molar-refractivity contribution in [2.45, 2.75) is 43.9 Å². The first-order valence-corrected chi connectivity index (χ1v) is 10.9. The molecular formula is C24H25FO5S. The van der Waals surface area contributed by atoms with Crippen LogP contribution >= 0.6 is 11.3 Å². The van der Waals surface area contributed by atoms with Crippen LogP contribution in [0.25, 0.3) is 10.4 Å². The summed E-state index contributed by atoms with van der Waals surface area (Å²) in [7, 11) is 0. The second-order valence-electron chi connectivity index (χ2n) is 7.89. The van der Waals surface area contributed by atoms with Crippen LogP contribution in [-0.4, -0.2) is 51.4 Å². The minimum absolute atomic E-state index is 0.261. The summed E-state index contributed by atoms with van der Waals surface area (Å²) in [5.74, 6) is -0.261. The van der Waals surface area contributed by atoms with Gasteiger partial charge >= 0.3 is 0 Å². The van der Waals surface area contributed by atoms with Crippen molar-refractivity contribution in [2.24, 2.45) is 0 Å². The second kappa shape index (κ2) is 9.16. The first-order chi connectivity index (χ1) is 14.9. The molecule has 4 N–H and O–H groups in total. The van der Waals surface area contributed by atoms with E-state index in [0.717, 1.165) is 26.4 Å². The maximum absolute atomic E-state index is 13.2. The van der Waals surface area contributed by atoms with Gasteiger partial charge < -0.3 is 25.2 Å². The molecular weight excluding hydrogens is 419 g/mol. The van der Waals surface area contributed by atoms with Crippen LogP contribution in [-0.2, 0) is 11.2 Å². The van der Waals surface area contributed by atoms with Gasteiger partial charge in [0.05, 0.1) is 6.61 Å². The Morgan fingerprint density at radius 2 is 1.77 bits per heavy atom. The lowest BCUT2D eigenvalue weighted by Gasteiger charge is -2.19. The SMILES string of the molecule is Cc1ccc(C2O[C@@H]([C@H](O)CO)[C@H](O)[C@H]2O)cc1Cc1ccc(-c2ccc(F)cc2)s1. The zero-order chi connectivity index (χ0) is 22.1. The van der Waals surface area contributed by atoms with Crippen molar-refractivity contribution < 1.29 is 29.6 Å². The fourth-order valence-corrected chi connectivity index (χ4v) is 4.93. The second-order valence-corrected chi connectivity index (χ2v) is 9.06. The van der Waals surface area contributed by atoms with E-state index in [1.54, 1.807) is 23.5 Å². The van der Waals surface area contributed by atoms with E-state index < -0.39 is 37.1 Å². The minimum Gasteiger partial charge on any atom is -0.394 e. The summed E-state index contributed by atoms with van der Waals surface area (Å²) in [6.45, 7) is 1.45. The number of halogens is 1. The van der Waals surface area contributed by atoms with E-state index in [2.05, 4.69) is 0 Å². The summed E-state index contributed by atoms with van der Waals surface area (Å²) in [5.41, 5.74) is 3.81. The number of ether oxygens (including phenoxy) is 1. The molecule has 1 fully saturated rings. The van der Waals surface area contributed by atoms with Crippen LogP contribution in [0.2, 0.25) is 0 Å². The van der Waals surface area contributed by atoms with Crippen LogP contribution in [0.4, 0.5) is 4.39 Å². The number of aliphatic hydroxyl groups excluding tert-OH is 4. The summed E-state index contributed by atoms with van der Waals surface area (Å²) in [6.07, 6.45) is -4.92. The fourth-order valence-electron chi connectivity index (χ4n) is 3.89. The smallest absolute Gasteiger partial charge is 0.123 e. The van der Waals surface area contributed by atoms with Gasteiger partial charge in [0, 0.05) is 16.2 Å². The van der Waals surface area contributed by atoms with Gasteiger partial charge in [-0.05, 0) is 53.4 Å². The molecule has 1 aliphatic heterocycles. The lowest BCUT2D eigenvalue weighted by atomic mass is 9.95. The third-order valence-corrected chi connectivity index (χ3v) is 6.86. The highest BCUT2D eigenvalue weighted by Gasteiger charge is 2.46. The molecule has 0 radical (unpaired) electrons. The summed E-state index contributed by atoms with van der Waals surface area (Å²) in [5, 5.41) is 39.7. The van der Waals surface area contributed by atoms with Gasteiger partial charge in [-0.25, -0.2) is 4.39 Å². The molecule has 0 aliphatic carbocycles. The molecule has 1 saturated heterocycles. The van der Waals surface area contributed by atoms with Gasteiger partial charge in [0.25, 0.3) is 0 Å². The molecule has 0 bridgehead atoms. The standard InChI is InChI=1S/C24H25FO5S/c1-13-2-3-15(23-21(28)22(29)24(30-23)19(27)12-26)10-16(13)11-18-8-9-20(31-18)14-4-6-17(25)7-5-14/h2-10,19,21-24,26-29H,11-12H2,1H3/t19-,21-,22-,23?,24+/m1/s1. The molecule has 31 heavy (non-hydrogen) atoms. The van der Waals surface area contributed by atoms with Crippen LogP contribution in [0.15, 0.2) is 54.6 Å². The van der Waals surface area contributed by atoms with E-state index in [1.807, 2.05) is 37.3 Å². The van der Waals surface area contributed by atoms with Gasteiger partial charge in [-0.2, -0.15) is 0 Å². The molecule has 1 unspecified atom stereocenters. The molecule has 1 aromatic heterocycles. The number of aryl methyl sites for hydroxylation is 1. The number of thiophene rings is 1. The van der Waals surface area contributed by atoms with Gasteiger partial charge in [0.2, 0.25) is 0 Å². The minimum atomic E-state index is -1.28. The number of rotatable bonds is 6. The van der Waals surface area contributed by atoms with E-state index in [0.29, 0.717) is 12.0 Å². The van der Waals surface area contributed by atoms with Crippen molar-refractivity contribution in [3.8, 4) is 10.4 Å². The van der Waals surface area contributed by atoms with Gasteiger partial charge in [0.1, 0.15) is 36.3 Å². The molecule has 0 saturated carbocycles. The van der Waals surface area contributed by atoms with Crippen LogP contribution in [0, 0.1) is 12.7 Å². The lowest BCUT2D eigenvalue weighted by Crippen LogP contribution is -2.40. The molecule has 1 aliphatic rings. The van der Waals surface area contributed by atoms with Gasteiger partial charge in [-0.3, -0.25) is 0 Å². The first-order valence-electron chi connectivity index (χ1n) is 10.1. The number of benzene rings is 2. The Kier molecular flexibility index (Phi) is 6.52. The lowest BCUT2D eigenvalue weighted by molar-refractivity contribution is -0.0820. The van der Waals surface area contributed by atoms with Crippen molar-refractivity contribution in [1.29, 1.82) is 0 Å². The van der Waals surface area contributed by atoms with E-state index in [4.69, 9.17) is 9.84 Å². The van der Waals surface area contributed by atoms with Crippen molar-refractivity contribution in [1.82, 2.24) is 0 Å². The molecule has 164 valence electrons. The number of hydrogen-bond acceptors (Lipinski definition) is 6. The predicted octanol–water partition coefficient (Wildman–Crippen LogP) is 2.97. The average molecular weight is 445 g/mol. The molecule has 2 heterocycles. The van der Waals surface area contributed by atoms with Crippen LogP contribution in [0.1, 0.15) is 27.7 Å². The third kappa shape index (κ3) is 4.57. The van der Waals surface area contributed by atoms with E-state index in [-0.39, 0.29) is 5.82 Å². The van der Waals surface area contributed by atoms with Gasteiger partial charge in [-0.1, -0.05) is 30.3 Å². The zero-order valence-corrected chi connectivity index (χ0v) is 17.8. The van der Waals surface area contributed by atoms with Crippen LogP contribution in [0.5, 0.6) is 0 Å². The third-order valence-electron chi connectivity index (χ3n) is 5.72. The number of aliphatic hydroxyl groups is 4. The van der Waals surface area contributed by atoms with Crippen molar-refractivity contribution >= 4 is 11.3 Å². The predicted molar refractivity (Wildman–Crippen MR) is 116 cm³/mol. The van der Waals surface area contributed by atoms with Gasteiger partial charge in [0.15, 0.2) is 0 Å². The Bertz CT molecular complexity index is 1030. The van der Waals surface area contributed by atoms with Crippen molar-refractivity contribution in [3.63, 3.8) is 0 Å². The van der Waals surface area contributed by atoms with E-state index in [9.17, 15) is 19.7 Å². The zero-order valence-electron chi connectivity index (χ0n) is 17.0.